The van der Waals surface area contributed by atoms with Crippen LogP contribution in [0.25, 0.3) is 11.4 Å². The van der Waals surface area contributed by atoms with E-state index in [1.807, 2.05) is 16.7 Å². The molecule has 3 rings (SSSR count). The van der Waals surface area contributed by atoms with E-state index >= 15 is 0 Å². The normalized spacial score (nSPS) is 11.9. The van der Waals surface area contributed by atoms with Gasteiger partial charge in [-0.1, -0.05) is 41.6 Å². The van der Waals surface area contributed by atoms with E-state index in [1.54, 1.807) is 12.4 Å². The Kier molecular flexibility index (Phi) is 5.46. The van der Waals surface area contributed by atoms with Crippen molar-refractivity contribution in [3.8, 4) is 17.5 Å². The second kappa shape index (κ2) is 7.95. The maximum Gasteiger partial charge on any atom is 0.192 e. The molecule has 3 aromatic rings. The Bertz CT molecular complexity index is 865. The van der Waals surface area contributed by atoms with Crippen LogP contribution >= 0.6 is 11.8 Å². The van der Waals surface area contributed by atoms with Crippen LogP contribution in [0.4, 0.5) is 0 Å². The van der Waals surface area contributed by atoms with Gasteiger partial charge in [0.2, 0.25) is 0 Å². The lowest BCUT2D eigenvalue weighted by Gasteiger charge is -2.11. The number of nitrogens with zero attached hydrogens (tertiary/aromatic N) is 5. The summed E-state index contributed by atoms with van der Waals surface area (Å²) >= 11 is 1.47. The van der Waals surface area contributed by atoms with Gasteiger partial charge in [0.25, 0.3) is 0 Å². The highest BCUT2D eigenvalue weighted by molar-refractivity contribution is 8.00. The predicted molar refractivity (Wildman–Crippen MR) is 99.1 cm³/mol. The summed E-state index contributed by atoms with van der Waals surface area (Å²) in [6, 6.07) is 14.5. The summed E-state index contributed by atoms with van der Waals surface area (Å²) in [5.74, 6) is 0.805. The van der Waals surface area contributed by atoms with Gasteiger partial charge in [-0.15, -0.1) is 10.2 Å². The molecule has 0 aliphatic carbocycles. The van der Waals surface area contributed by atoms with Gasteiger partial charge in [0.15, 0.2) is 11.0 Å². The molecule has 0 amide bonds. The second-order valence-electron chi connectivity index (χ2n) is 5.71. The summed E-state index contributed by atoms with van der Waals surface area (Å²) in [6.07, 6.45) is 4.17. The Labute approximate surface area is 151 Å². The number of pyridine rings is 1. The topological polar surface area (TPSA) is 67.4 Å². The number of nitriles is 1. The van der Waals surface area contributed by atoms with Gasteiger partial charge in [-0.3, -0.25) is 4.98 Å². The van der Waals surface area contributed by atoms with Crippen molar-refractivity contribution in [1.82, 2.24) is 19.7 Å². The first-order valence-electron chi connectivity index (χ1n) is 8.16. The summed E-state index contributed by atoms with van der Waals surface area (Å²) in [6.45, 7) is 4.86. The fourth-order valence-electron chi connectivity index (χ4n) is 2.55. The van der Waals surface area contributed by atoms with Crippen molar-refractivity contribution >= 4 is 11.8 Å². The first-order chi connectivity index (χ1) is 12.2. The van der Waals surface area contributed by atoms with Crippen LogP contribution in [-0.2, 0) is 13.0 Å². The molecule has 5 nitrogen and oxygen atoms in total. The van der Waals surface area contributed by atoms with E-state index in [9.17, 15) is 5.26 Å². The molecule has 126 valence electrons. The zero-order chi connectivity index (χ0) is 17.6. The second-order valence-corrected chi connectivity index (χ2v) is 6.88. The molecular weight excluding hydrogens is 330 g/mol. The number of aryl methyl sites for hydroxylation is 1. The smallest absolute Gasteiger partial charge is 0.192 e. The highest BCUT2D eigenvalue weighted by atomic mass is 32.2. The Balaban J connectivity index is 1.80. The van der Waals surface area contributed by atoms with Crippen LogP contribution in [0.15, 0.2) is 53.9 Å². The molecule has 0 aliphatic rings. The Morgan fingerprint density at radius 3 is 2.48 bits per heavy atom. The highest BCUT2D eigenvalue weighted by Crippen LogP contribution is 2.28. The molecule has 25 heavy (non-hydrogen) atoms. The van der Waals surface area contributed by atoms with Gasteiger partial charge in [-0.25, -0.2) is 0 Å². The Hall–Kier alpha value is -2.65. The van der Waals surface area contributed by atoms with Crippen LogP contribution in [0.5, 0.6) is 0 Å². The van der Waals surface area contributed by atoms with Crippen molar-refractivity contribution < 1.29 is 0 Å². The molecule has 1 aromatic carbocycles. The third kappa shape index (κ3) is 4.06. The van der Waals surface area contributed by atoms with Gasteiger partial charge < -0.3 is 4.57 Å². The van der Waals surface area contributed by atoms with Crippen LogP contribution in [0, 0.1) is 18.3 Å². The van der Waals surface area contributed by atoms with Crippen molar-refractivity contribution in [3.05, 3.63) is 59.9 Å². The fourth-order valence-corrected chi connectivity index (χ4v) is 3.57. The maximum atomic E-state index is 9.55. The molecule has 0 bridgehead atoms. The summed E-state index contributed by atoms with van der Waals surface area (Å²) in [5, 5.41) is 18.7. The van der Waals surface area contributed by atoms with E-state index in [0.29, 0.717) is 6.42 Å². The van der Waals surface area contributed by atoms with E-state index in [4.69, 9.17) is 0 Å². The van der Waals surface area contributed by atoms with Crippen LogP contribution in [-0.4, -0.2) is 25.0 Å². The number of rotatable bonds is 6. The van der Waals surface area contributed by atoms with Crippen molar-refractivity contribution in [2.24, 2.45) is 0 Å². The van der Waals surface area contributed by atoms with E-state index in [2.05, 4.69) is 59.4 Å². The van der Waals surface area contributed by atoms with Gasteiger partial charge >= 0.3 is 0 Å². The molecule has 0 saturated carbocycles. The van der Waals surface area contributed by atoms with Crippen LogP contribution < -0.4 is 0 Å². The van der Waals surface area contributed by atoms with Gasteiger partial charge in [-0.05, 0) is 38.0 Å². The van der Waals surface area contributed by atoms with Gasteiger partial charge in [-0.2, -0.15) is 5.26 Å². The van der Waals surface area contributed by atoms with Crippen molar-refractivity contribution in [2.45, 2.75) is 37.2 Å². The fraction of sp³-hybridized carbons (Fsp3) is 0.263. The van der Waals surface area contributed by atoms with Gasteiger partial charge in [0.1, 0.15) is 5.25 Å². The highest BCUT2D eigenvalue weighted by Gasteiger charge is 2.18. The molecule has 1 atom stereocenters. The van der Waals surface area contributed by atoms with Crippen molar-refractivity contribution in [3.63, 3.8) is 0 Å². The SMILES string of the molecule is CCn1c(SC(C#N)Cc2ccc(C)cc2)nnc1-c1ccncc1. The molecule has 0 spiro atoms. The summed E-state index contributed by atoms with van der Waals surface area (Å²) < 4.78 is 2.04. The van der Waals surface area contributed by atoms with Crippen LogP contribution in [0.2, 0.25) is 0 Å². The van der Waals surface area contributed by atoms with E-state index in [-0.39, 0.29) is 5.25 Å². The molecule has 0 fully saturated rings. The van der Waals surface area contributed by atoms with Crippen molar-refractivity contribution in [1.29, 1.82) is 5.26 Å². The molecule has 0 aliphatic heterocycles. The number of thioether (sulfide) groups is 1. The lowest BCUT2D eigenvalue weighted by molar-refractivity contribution is 0.686. The minimum absolute atomic E-state index is 0.206. The third-order valence-corrected chi connectivity index (χ3v) is 4.97. The Morgan fingerprint density at radius 1 is 1.12 bits per heavy atom. The average Bonchev–Trinajstić information content (AvgIpc) is 3.06. The molecular formula is C19H19N5S. The first-order valence-corrected chi connectivity index (χ1v) is 9.04. The largest absolute Gasteiger partial charge is 0.302 e. The minimum atomic E-state index is -0.206. The zero-order valence-corrected chi connectivity index (χ0v) is 15.1. The summed E-state index contributed by atoms with van der Waals surface area (Å²) in [4.78, 5) is 4.04. The zero-order valence-electron chi connectivity index (χ0n) is 14.3. The average molecular weight is 349 g/mol. The molecule has 2 heterocycles. The van der Waals surface area contributed by atoms with Gasteiger partial charge in [0, 0.05) is 24.5 Å². The molecule has 0 saturated heterocycles. The predicted octanol–water partition coefficient (Wildman–Crippen LogP) is 3.90. The Morgan fingerprint density at radius 2 is 1.84 bits per heavy atom. The van der Waals surface area contributed by atoms with Crippen molar-refractivity contribution in [2.75, 3.05) is 0 Å². The first kappa shape index (κ1) is 17.2. The third-order valence-electron chi connectivity index (χ3n) is 3.90. The lowest BCUT2D eigenvalue weighted by Crippen LogP contribution is -2.07. The number of aromatic nitrogens is 4. The van der Waals surface area contributed by atoms with Crippen LogP contribution in [0.3, 0.4) is 0 Å². The summed E-state index contributed by atoms with van der Waals surface area (Å²) in [7, 11) is 0. The van der Waals surface area contributed by atoms with Gasteiger partial charge in [0.05, 0.1) is 6.07 Å². The molecule has 2 aromatic heterocycles. The van der Waals surface area contributed by atoms with E-state index in [0.717, 1.165) is 28.7 Å². The number of hydrogen-bond donors (Lipinski definition) is 0. The number of hydrogen-bond acceptors (Lipinski definition) is 5. The maximum absolute atomic E-state index is 9.55. The number of benzene rings is 1. The summed E-state index contributed by atoms with van der Waals surface area (Å²) in [5.41, 5.74) is 3.35. The standard InChI is InChI=1S/C19H19N5S/c1-3-24-18(16-8-10-21-11-9-16)22-23-19(24)25-17(13-20)12-15-6-4-14(2)5-7-15/h4-11,17H,3,12H2,1-2H3. The lowest BCUT2D eigenvalue weighted by atomic mass is 10.1. The molecule has 6 heteroatoms. The molecule has 1 unspecified atom stereocenters. The minimum Gasteiger partial charge on any atom is -0.302 e. The van der Waals surface area contributed by atoms with E-state index < -0.39 is 0 Å². The van der Waals surface area contributed by atoms with Crippen LogP contribution in [0.1, 0.15) is 18.1 Å². The van der Waals surface area contributed by atoms with E-state index in [1.165, 1.54) is 17.3 Å². The quantitative estimate of drug-likeness (QED) is 0.632. The molecule has 0 radical (unpaired) electrons. The monoisotopic (exact) mass is 349 g/mol. The molecule has 0 N–H and O–H groups in total.